The van der Waals surface area contributed by atoms with E-state index in [0.717, 1.165) is 37.1 Å². The van der Waals surface area contributed by atoms with E-state index in [-0.39, 0.29) is 6.10 Å². The van der Waals surface area contributed by atoms with Crippen molar-refractivity contribution in [2.24, 2.45) is 0 Å². The lowest BCUT2D eigenvalue weighted by Gasteiger charge is -2.24. The molecule has 1 aromatic heterocycles. The number of aryl methyl sites for hydroxylation is 1. The van der Waals surface area contributed by atoms with E-state index in [4.69, 9.17) is 0 Å². The SMILES string of the molecule is Cc1cnc(C2CCC(O)CC2)cn1. The van der Waals surface area contributed by atoms with Crippen molar-refractivity contribution in [3.8, 4) is 0 Å². The number of hydrogen-bond donors (Lipinski definition) is 1. The van der Waals surface area contributed by atoms with Crippen molar-refractivity contribution in [2.45, 2.75) is 44.6 Å². The van der Waals surface area contributed by atoms with E-state index in [2.05, 4.69) is 9.97 Å². The van der Waals surface area contributed by atoms with Crippen molar-refractivity contribution >= 4 is 0 Å². The maximum Gasteiger partial charge on any atom is 0.0617 e. The lowest BCUT2D eigenvalue weighted by molar-refractivity contribution is 0.122. The lowest BCUT2D eigenvalue weighted by atomic mass is 9.85. The Morgan fingerprint density at radius 3 is 2.43 bits per heavy atom. The topological polar surface area (TPSA) is 46.0 Å². The third-order valence-electron chi connectivity index (χ3n) is 2.92. The molecule has 1 aliphatic carbocycles. The average molecular weight is 192 g/mol. The summed E-state index contributed by atoms with van der Waals surface area (Å²) in [7, 11) is 0. The zero-order valence-electron chi connectivity index (χ0n) is 8.48. The van der Waals surface area contributed by atoms with Gasteiger partial charge in [0, 0.05) is 18.3 Å². The monoisotopic (exact) mass is 192 g/mol. The Balaban J connectivity index is 2.05. The van der Waals surface area contributed by atoms with Gasteiger partial charge in [-0.2, -0.15) is 0 Å². The highest BCUT2D eigenvalue weighted by atomic mass is 16.3. The fourth-order valence-electron chi connectivity index (χ4n) is 1.98. The van der Waals surface area contributed by atoms with Gasteiger partial charge in [0.2, 0.25) is 0 Å². The number of hydrogen-bond acceptors (Lipinski definition) is 3. The molecule has 14 heavy (non-hydrogen) atoms. The molecule has 76 valence electrons. The number of aliphatic hydroxyl groups is 1. The number of aliphatic hydroxyl groups excluding tert-OH is 1. The van der Waals surface area contributed by atoms with Crippen LogP contribution in [0.2, 0.25) is 0 Å². The summed E-state index contributed by atoms with van der Waals surface area (Å²) in [6.45, 7) is 1.95. The number of nitrogens with zero attached hydrogens (tertiary/aromatic N) is 2. The standard InChI is InChI=1S/C11H16N2O/c1-8-6-13-11(7-12-8)9-2-4-10(14)5-3-9/h6-7,9-10,14H,2-5H2,1H3. The third kappa shape index (κ3) is 2.10. The average Bonchev–Trinajstić information content (AvgIpc) is 2.21. The molecule has 0 amide bonds. The lowest BCUT2D eigenvalue weighted by Crippen LogP contribution is -2.17. The van der Waals surface area contributed by atoms with E-state index in [1.807, 2.05) is 19.3 Å². The highest BCUT2D eigenvalue weighted by molar-refractivity contribution is 5.07. The van der Waals surface area contributed by atoms with Gasteiger partial charge in [-0.05, 0) is 32.6 Å². The van der Waals surface area contributed by atoms with Crippen LogP contribution < -0.4 is 0 Å². The van der Waals surface area contributed by atoms with Crippen molar-refractivity contribution in [3.05, 3.63) is 23.8 Å². The van der Waals surface area contributed by atoms with Crippen LogP contribution in [0.3, 0.4) is 0 Å². The van der Waals surface area contributed by atoms with Crippen LogP contribution in [0.1, 0.15) is 43.0 Å². The first-order valence-corrected chi connectivity index (χ1v) is 5.22. The first-order valence-electron chi connectivity index (χ1n) is 5.22. The van der Waals surface area contributed by atoms with Crippen molar-refractivity contribution in [3.63, 3.8) is 0 Å². The second-order valence-corrected chi connectivity index (χ2v) is 4.09. The molecule has 0 saturated heterocycles. The summed E-state index contributed by atoms with van der Waals surface area (Å²) >= 11 is 0. The Hall–Kier alpha value is -0.960. The summed E-state index contributed by atoms with van der Waals surface area (Å²) < 4.78 is 0. The highest BCUT2D eigenvalue weighted by Gasteiger charge is 2.21. The van der Waals surface area contributed by atoms with Crippen LogP contribution in [0.5, 0.6) is 0 Å². The van der Waals surface area contributed by atoms with Gasteiger partial charge < -0.3 is 5.11 Å². The third-order valence-corrected chi connectivity index (χ3v) is 2.92. The Morgan fingerprint density at radius 1 is 1.14 bits per heavy atom. The van der Waals surface area contributed by atoms with Gasteiger partial charge in [-0.25, -0.2) is 0 Å². The van der Waals surface area contributed by atoms with Crippen LogP contribution in [0.15, 0.2) is 12.4 Å². The van der Waals surface area contributed by atoms with Crippen molar-refractivity contribution in [1.82, 2.24) is 9.97 Å². The van der Waals surface area contributed by atoms with E-state index in [1.165, 1.54) is 0 Å². The molecular weight excluding hydrogens is 176 g/mol. The van der Waals surface area contributed by atoms with Gasteiger partial charge in [0.15, 0.2) is 0 Å². The van der Waals surface area contributed by atoms with Crippen LogP contribution in [0.25, 0.3) is 0 Å². The summed E-state index contributed by atoms with van der Waals surface area (Å²) in [5.41, 5.74) is 2.05. The van der Waals surface area contributed by atoms with Crippen LogP contribution in [-0.2, 0) is 0 Å². The number of rotatable bonds is 1. The van der Waals surface area contributed by atoms with E-state index in [9.17, 15) is 5.11 Å². The molecule has 0 radical (unpaired) electrons. The molecule has 0 bridgehead atoms. The minimum Gasteiger partial charge on any atom is -0.393 e. The zero-order valence-corrected chi connectivity index (χ0v) is 8.48. The zero-order chi connectivity index (χ0) is 9.97. The van der Waals surface area contributed by atoms with Gasteiger partial charge in [-0.15, -0.1) is 0 Å². The predicted molar refractivity (Wildman–Crippen MR) is 54.0 cm³/mol. The minimum atomic E-state index is -0.0929. The Bertz CT molecular complexity index is 289. The maximum absolute atomic E-state index is 9.38. The fraction of sp³-hybridized carbons (Fsp3) is 0.636. The molecule has 1 N–H and O–H groups in total. The number of aromatic nitrogens is 2. The second-order valence-electron chi connectivity index (χ2n) is 4.09. The first kappa shape index (κ1) is 9.59. The van der Waals surface area contributed by atoms with Crippen LogP contribution in [-0.4, -0.2) is 21.2 Å². The molecular formula is C11H16N2O. The molecule has 2 rings (SSSR count). The molecule has 0 spiro atoms. The molecule has 1 aliphatic rings. The normalized spacial score (nSPS) is 27.6. The van der Waals surface area contributed by atoms with E-state index in [1.54, 1.807) is 0 Å². The van der Waals surface area contributed by atoms with Gasteiger partial charge in [-0.3, -0.25) is 9.97 Å². The van der Waals surface area contributed by atoms with E-state index >= 15 is 0 Å². The molecule has 1 saturated carbocycles. The van der Waals surface area contributed by atoms with Gasteiger partial charge >= 0.3 is 0 Å². The molecule has 3 heteroatoms. The largest absolute Gasteiger partial charge is 0.393 e. The second kappa shape index (κ2) is 4.05. The van der Waals surface area contributed by atoms with Crippen LogP contribution >= 0.6 is 0 Å². The minimum absolute atomic E-state index is 0.0929. The predicted octanol–water partition coefficient (Wildman–Crippen LogP) is 1.80. The summed E-state index contributed by atoms with van der Waals surface area (Å²) in [5.74, 6) is 0.506. The Kier molecular flexibility index (Phi) is 2.77. The molecule has 0 atom stereocenters. The maximum atomic E-state index is 9.38. The summed E-state index contributed by atoms with van der Waals surface area (Å²) in [5, 5.41) is 9.38. The quantitative estimate of drug-likeness (QED) is 0.738. The Labute approximate surface area is 84.2 Å². The first-order chi connectivity index (χ1) is 6.75. The molecule has 1 aromatic rings. The van der Waals surface area contributed by atoms with Gasteiger partial charge in [0.25, 0.3) is 0 Å². The molecule has 0 aliphatic heterocycles. The Morgan fingerprint density at radius 2 is 1.86 bits per heavy atom. The molecule has 0 aromatic carbocycles. The molecule has 1 fully saturated rings. The summed E-state index contributed by atoms with van der Waals surface area (Å²) in [4.78, 5) is 8.63. The summed E-state index contributed by atoms with van der Waals surface area (Å²) in [6.07, 6.45) is 7.49. The fourth-order valence-corrected chi connectivity index (χ4v) is 1.98. The van der Waals surface area contributed by atoms with Gasteiger partial charge in [0.1, 0.15) is 0 Å². The van der Waals surface area contributed by atoms with Crippen molar-refractivity contribution in [2.75, 3.05) is 0 Å². The summed E-state index contributed by atoms with van der Waals surface area (Å²) in [6, 6.07) is 0. The van der Waals surface area contributed by atoms with Crippen LogP contribution in [0, 0.1) is 6.92 Å². The van der Waals surface area contributed by atoms with Crippen molar-refractivity contribution < 1.29 is 5.11 Å². The highest BCUT2D eigenvalue weighted by Crippen LogP contribution is 2.31. The molecule has 3 nitrogen and oxygen atoms in total. The van der Waals surface area contributed by atoms with E-state index < -0.39 is 0 Å². The van der Waals surface area contributed by atoms with Crippen LogP contribution in [0.4, 0.5) is 0 Å². The molecule has 1 heterocycles. The van der Waals surface area contributed by atoms with Crippen molar-refractivity contribution in [1.29, 1.82) is 0 Å². The van der Waals surface area contributed by atoms with Gasteiger partial charge in [-0.1, -0.05) is 0 Å². The van der Waals surface area contributed by atoms with E-state index in [0.29, 0.717) is 5.92 Å². The molecule has 0 unspecified atom stereocenters. The van der Waals surface area contributed by atoms with Gasteiger partial charge in [0.05, 0.1) is 17.5 Å². The smallest absolute Gasteiger partial charge is 0.0617 e.